The number of hydrogen-bond donors (Lipinski definition) is 2. The Labute approximate surface area is 177 Å². The van der Waals surface area contributed by atoms with Crippen LogP contribution in [-0.2, 0) is 0 Å². The molecule has 4 rings (SSSR count). The minimum absolute atomic E-state index is 0.140. The lowest BCUT2D eigenvalue weighted by molar-refractivity contribution is -0.0826. The zero-order valence-corrected chi connectivity index (χ0v) is 18.5. The molecule has 3 fully saturated rings. The molecule has 0 heterocycles. The van der Waals surface area contributed by atoms with Crippen molar-refractivity contribution in [3.8, 4) is 24.2 Å². The number of rotatable bonds is 2. The van der Waals surface area contributed by atoms with E-state index in [9.17, 15) is 10.2 Å². The predicted octanol–water partition coefficient (Wildman–Crippen LogP) is 5.09. The van der Waals surface area contributed by atoms with Gasteiger partial charge in [-0.3, -0.25) is 0 Å². The molecule has 29 heavy (non-hydrogen) atoms. The van der Waals surface area contributed by atoms with Crippen LogP contribution in [0, 0.1) is 58.7 Å². The molecule has 0 spiro atoms. The monoisotopic (exact) mass is 394 g/mol. The molecule has 0 aromatic carbocycles. The molecule has 4 aliphatic rings. The fourth-order valence-corrected chi connectivity index (χ4v) is 8.03. The van der Waals surface area contributed by atoms with Crippen molar-refractivity contribution >= 4 is 0 Å². The summed E-state index contributed by atoms with van der Waals surface area (Å²) in [4.78, 5) is 0. The SMILES string of the molecule is C#CCCC#C[C@](C)(O)[C@H]1CC[C@H]2[C@@H]3CC=C4C[C@@H](O)CC[C@]4(C)[C@H]3CC[C@@]21C. The van der Waals surface area contributed by atoms with Gasteiger partial charge in [0, 0.05) is 18.8 Å². The summed E-state index contributed by atoms with van der Waals surface area (Å²) in [5, 5.41) is 21.5. The van der Waals surface area contributed by atoms with Crippen LogP contribution in [0.4, 0.5) is 0 Å². The van der Waals surface area contributed by atoms with Crippen molar-refractivity contribution in [2.45, 2.75) is 96.7 Å². The molecule has 0 bridgehead atoms. The van der Waals surface area contributed by atoms with Crippen LogP contribution in [0.3, 0.4) is 0 Å². The zero-order valence-electron chi connectivity index (χ0n) is 18.5. The van der Waals surface area contributed by atoms with Gasteiger partial charge in [0.2, 0.25) is 0 Å². The normalized spacial score (nSPS) is 45.4. The van der Waals surface area contributed by atoms with Crippen LogP contribution in [0.2, 0.25) is 0 Å². The Balaban J connectivity index is 1.57. The van der Waals surface area contributed by atoms with Crippen molar-refractivity contribution in [3.05, 3.63) is 11.6 Å². The molecule has 0 unspecified atom stereocenters. The molecule has 4 aliphatic carbocycles. The van der Waals surface area contributed by atoms with E-state index in [0.29, 0.717) is 24.7 Å². The van der Waals surface area contributed by atoms with E-state index >= 15 is 0 Å². The van der Waals surface area contributed by atoms with Gasteiger partial charge in [-0.05, 0) is 86.9 Å². The van der Waals surface area contributed by atoms with Gasteiger partial charge in [-0.1, -0.05) is 37.3 Å². The van der Waals surface area contributed by atoms with E-state index in [0.717, 1.165) is 38.0 Å². The summed E-state index contributed by atoms with van der Waals surface area (Å²) in [6.07, 6.45) is 17.9. The molecule has 0 aliphatic heterocycles. The van der Waals surface area contributed by atoms with Gasteiger partial charge >= 0.3 is 0 Å². The van der Waals surface area contributed by atoms with Crippen molar-refractivity contribution in [2.75, 3.05) is 0 Å². The Morgan fingerprint density at radius 2 is 1.93 bits per heavy atom. The first-order valence-electron chi connectivity index (χ1n) is 11.8. The highest BCUT2D eigenvalue weighted by molar-refractivity contribution is 5.27. The summed E-state index contributed by atoms with van der Waals surface area (Å²) in [5.74, 6) is 11.3. The van der Waals surface area contributed by atoms with Crippen LogP contribution in [0.15, 0.2) is 11.6 Å². The van der Waals surface area contributed by atoms with Crippen LogP contribution in [-0.4, -0.2) is 21.9 Å². The second-order valence-electron chi connectivity index (χ2n) is 11.0. The van der Waals surface area contributed by atoms with Crippen LogP contribution in [0.5, 0.6) is 0 Å². The smallest absolute Gasteiger partial charge is 0.126 e. The largest absolute Gasteiger partial charge is 0.393 e. The standard InChI is InChI=1S/C27H38O2/c1-5-6-7-8-15-27(4,29)24-12-11-22-21-10-9-19-18-20(28)13-16-25(19,2)23(21)14-17-26(22,24)3/h1,9,20-24,28-29H,6-7,10-14,16-18H2,2-4H3/t20-,21-,22-,23-,24-,25-,26-,27-/m0/s1. The minimum atomic E-state index is -0.931. The van der Waals surface area contributed by atoms with E-state index in [2.05, 4.69) is 37.7 Å². The van der Waals surface area contributed by atoms with E-state index in [1.165, 1.54) is 24.8 Å². The molecule has 3 saturated carbocycles. The van der Waals surface area contributed by atoms with Crippen LogP contribution in [0.25, 0.3) is 0 Å². The highest BCUT2D eigenvalue weighted by Gasteiger charge is 2.61. The number of allylic oxidation sites excluding steroid dienone is 1. The van der Waals surface area contributed by atoms with Crippen molar-refractivity contribution in [1.82, 2.24) is 0 Å². The third kappa shape index (κ3) is 3.38. The summed E-state index contributed by atoms with van der Waals surface area (Å²) in [6, 6.07) is 0. The van der Waals surface area contributed by atoms with Gasteiger partial charge in [-0.2, -0.15) is 0 Å². The number of terminal acetylenes is 1. The van der Waals surface area contributed by atoms with Gasteiger partial charge in [0.1, 0.15) is 5.60 Å². The fourth-order valence-electron chi connectivity index (χ4n) is 8.03. The fraction of sp³-hybridized carbons (Fsp3) is 0.778. The van der Waals surface area contributed by atoms with Crippen molar-refractivity contribution < 1.29 is 10.2 Å². The average Bonchev–Trinajstić information content (AvgIpc) is 3.04. The lowest BCUT2D eigenvalue weighted by Crippen LogP contribution is -2.52. The molecule has 2 nitrogen and oxygen atoms in total. The lowest BCUT2D eigenvalue weighted by atomic mass is 9.47. The Hall–Kier alpha value is -1.22. The summed E-state index contributed by atoms with van der Waals surface area (Å²) < 4.78 is 0. The molecule has 0 amide bonds. The second kappa shape index (κ2) is 7.48. The first-order chi connectivity index (χ1) is 13.7. The van der Waals surface area contributed by atoms with Crippen LogP contribution in [0.1, 0.15) is 85.0 Å². The lowest BCUT2D eigenvalue weighted by Gasteiger charge is -2.58. The Morgan fingerprint density at radius 1 is 1.14 bits per heavy atom. The topological polar surface area (TPSA) is 40.5 Å². The maximum absolute atomic E-state index is 11.3. The van der Waals surface area contributed by atoms with Crippen molar-refractivity contribution in [1.29, 1.82) is 0 Å². The summed E-state index contributed by atoms with van der Waals surface area (Å²) in [5.41, 5.74) is 1.04. The maximum Gasteiger partial charge on any atom is 0.126 e. The summed E-state index contributed by atoms with van der Waals surface area (Å²) in [6.45, 7) is 6.85. The first kappa shape index (κ1) is 21.0. The van der Waals surface area contributed by atoms with Crippen molar-refractivity contribution in [2.24, 2.45) is 34.5 Å². The summed E-state index contributed by atoms with van der Waals surface area (Å²) >= 11 is 0. The predicted molar refractivity (Wildman–Crippen MR) is 118 cm³/mol. The van der Waals surface area contributed by atoms with E-state index in [1.807, 2.05) is 6.92 Å². The maximum atomic E-state index is 11.3. The molecule has 0 radical (unpaired) electrons. The van der Waals surface area contributed by atoms with E-state index < -0.39 is 5.60 Å². The molecule has 8 atom stereocenters. The van der Waals surface area contributed by atoms with E-state index in [-0.39, 0.29) is 22.9 Å². The zero-order chi connectivity index (χ0) is 20.9. The van der Waals surface area contributed by atoms with Gasteiger partial charge in [-0.15, -0.1) is 12.3 Å². The van der Waals surface area contributed by atoms with Crippen molar-refractivity contribution in [3.63, 3.8) is 0 Å². The first-order valence-corrected chi connectivity index (χ1v) is 11.8. The number of unbranched alkanes of at least 4 members (excludes halogenated alkanes) is 1. The van der Waals surface area contributed by atoms with Gasteiger partial charge < -0.3 is 10.2 Å². The van der Waals surface area contributed by atoms with Gasteiger partial charge in [0.25, 0.3) is 0 Å². The molecule has 2 N–H and O–H groups in total. The minimum Gasteiger partial charge on any atom is -0.393 e. The van der Waals surface area contributed by atoms with E-state index in [4.69, 9.17) is 6.42 Å². The molecule has 2 heteroatoms. The second-order valence-corrected chi connectivity index (χ2v) is 11.0. The third-order valence-corrected chi connectivity index (χ3v) is 9.49. The van der Waals surface area contributed by atoms with Crippen LogP contribution >= 0.6 is 0 Å². The van der Waals surface area contributed by atoms with Gasteiger partial charge in [0.05, 0.1) is 6.10 Å². The highest BCUT2D eigenvalue weighted by Crippen LogP contribution is 2.67. The molecule has 0 aromatic rings. The Bertz CT molecular complexity index is 775. The number of aliphatic hydroxyl groups is 2. The van der Waals surface area contributed by atoms with Crippen LogP contribution < -0.4 is 0 Å². The third-order valence-electron chi connectivity index (χ3n) is 9.49. The summed E-state index contributed by atoms with van der Waals surface area (Å²) in [7, 11) is 0. The number of hydrogen-bond acceptors (Lipinski definition) is 2. The molecule has 0 aromatic heterocycles. The number of aliphatic hydroxyl groups excluding tert-OH is 1. The Morgan fingerprint density at radius 3 is 2.69 bits per heavy atom. The highest BCUT2D eigenvalue weighted by atomic mass is 16.3. The molecular weight excluding hydrogens is 356 g/mol. The van der Waals surface area contributed by atoms with E-state index in [1.54, 1.807) is 0 Å². The molecule has 158 valence electrons. The van der Waals surface area contributed by atoms with Gasteiger partial charge in [0.15, 0.2) is 0 Å². The Kier molecular flexibility index (Phi) is 5.42. The molecule has 0 saturated heterocycles. The van der Waals surface area contributed by atoms with Gasteiger partial charge in [-0.25, -0.2) is 0 Å². The number of fused-ring (bicyclic) bond motifs is 5. The quantitative estimate of drug-likeness (QED) is 0.389. The molecular formula is C27H38O2. The average molecular weight is 395 g/mol.